The van der Waals surface area contributed by atoms with Crippen molar-refractivity contribution in [3.63, 3.8) is 0 Å². The van der Waals surface area contributed by atoms with Gasteiger partial charge in [0.05, 0.1) is 0 Å². The van der Waals surface area contributed by atoms with E-state index in [0.717, 1.165) is 0 Å². The molecule has 3 nitrogen and oxygen atoms in total. The maximum atomic E-state index is 13.5. The minimum Gasteiger partial charge on any atom is -0.283 e. The van der Waals surface area contributed by atoms with E-state index in [1.165, 1.54) is 0 Å². The fourth-order valence-corrected chi connectivity index (χ4v) is 2.51. The first-order valence-electron chi connectivity index (χ1n) is 7.71. The van der Waals surface area contributed by atoms with Gasteiger partial charge >= 0.3 is 45.7 Å². The minimum atomic E-state index is -8.75. The van der Waals surface area contributed by atoms with Gasteiger partial charge in [-0.2, -0.15) is 61.1 Å². The summed E-state index contributed by atoms with van der Waals surface area (Å²) in [5.41, 5.74) is -5.99. The Morgan fingerprint density at radius 1 is 0.486 bits per heavy atom. The molecule has 0 rings (SSSR count). The second-order valence-electron chi connectivity index (χ2n) is 6.44. The molecule has 0 bridgehead atoms. The van der Waals surface area contributed by atoms with Crippen molar-refractivity contribution >= 4 is 10.1 Å². The van der Waals surface area contributed by atoms with Crippen LogP contribution in [0.15, 0.2) is 0 Å². The molecule has 23 heteroatoms. The molecule has 0 saturated heterocycles. The fourth-order valence-electron chi connectivity index (χ4n) is 1.99. The first kappa shape index (κ1) is 33.6. The van der Waals surface area contributed by atoms with E-state index in [1.807, 2.05) is 0 Å². The Morgan fingerprint density at radius 3 is 1.09 bits per heavy atom. The van der Waals surface area contributed by atoms with E-state index < -0.39 is 82.3 Å². The summed E-state index contributed by atoms with van der Waals surface area (Å²) >= 11 is 0. The molecule has 0 saturated carbocycles. The van der Waals surface area contributed by atoms with Crippen LogP contribution in [0.4, 0.5) is 83.4 Å². The highest BCUT2D eigenvalue weighted by Gasteiger charge is 2.92. The van der Waals surface area contributed by atoms with E-state index in [0.29, 0.717) is 0 Å². The second-order valence-corrected chi connectivity index (χ2v) is 7.89. The molecule has 0 amide bonds. The molecule has 0 radical (unpaired) electrons. The Bertz CT molecular complexity index is 842. The maximum absolute atomic E-state index is 13.5. The van der Waals surface area contributed by atoms with Crippen LogP contribution >= 0.6 is 0 Å². The number of rotatable bonds is 12. The average Bonchev–Trinajstić information content (AvgIpc) is 2.68. The van der Waals surface area contributed by atoms with Gasteiger partial charge in [0.2, 0.25) is 6.17 Å². The van der Waals surface area contributed by atoms with Crippen molar-refractivity contribution in [3.05, 3.63) is 0 Å². The molecule has 0 aromatic rings. The summed E-state index contributed by atoms with van der Waals surface area (Å²) in [6, 6.07) is 0. The molecule has 212 valence electrons. The quantitative estimate of drug-likeness (QED) is 0.237. The zero-order valence-corrected chi connectivity index (χ0v) is 16.1. The topological polar surface area (TPSA) is 54.4 Å². The molecule has 1 N–H and O–H groups in total. The van der Waals surface area contributed by atoms with Crippen molar-refractivity contribution in [3.8, 4) is 0 Å². The molecule has 0 aliphatic carbocycles. The molecule has 0 fully saturated rings. The Balaban J connectivity index is 6.65. The third kappa shape index (κ3) is 5.06. The van der Waals surface area contributed by atoms with Gasteiger partial charge in [0.15, 0.2) is 18.5 Å². The average molecular weight is 592 g/mol. The Morgan fingerprint density at radius 2 is 0.800 bits per heavy atom. The molecule has 35 heavy (non-hydrogen) atoms. The van der Waals surface area contributed by atoms with Crippen LogP contribution in [0, 0.1) is 0 Å². The molecule has 0 spiro atoms. The van der Waals surface area contributed by atoms with E-state index in [-0.39, 0.29) is 0 Å². The van der Waals surface area contributed by atoms with Gasteiger partial charge in [-0.1, -0.05) is 0 Å². The third-order valence-corrected chi connectivity index (χ3v) is 4.86. The third-order valence-electron chi connectivity index (χ3n) is 4.04. The zero-order valence-electron chi connectivity index (χ0n) is 15.3. The highest BCUT2D eigenvalue weighted by atomic mass is 32.2. The van der Waals surface area contributed by atoms with Crippen LogP contribution < -0.4 is 0 Å². The lowest BCUT2D eigenvalue weighted by Gasteiger charge is -2.42. The second kappa shape index (κ2) is 9.47. The van der Waals surface area contributed by atoms with Crippen LogP contribution in [0.5, 0.6) is 0 Å². The predicted molar refractivity (Wildman–Crippen MR) is 71.7 cm³/mol. The maximum Gasteiger partial charge on any atom is 0.384 e. The Kier molecular flexibility index (Phi) is 9.08. The molecular formula is C12H7F19O3S. The van der Waals surface area contributed by atoms with Crippen molar-refractivity contribution in [2.24, 2.45) is 0 Å². The summed E-state index contributed by atoms with van der Waals surface area (Å²) in [4.78, 5) is 0. The minimum absolute atomic E-state index is 4.63. The molecule has 0 aromatic heterocycles. The number of hydrogen-bond donors (Lipinski definition) is 1. The van der Waals surface area contributed by atoms with Gasteiger partial charge in [0.1, 0.15) is 0 Å². The summed E-state index contributed by atoms with van der Waals surface area (Å²) in [5.74, 6) is -50.2. The van der Waals surface area contributed by atoms with Crippen LogP contribution in [-0.2, 0) is 10.1 Å². The van der Waals surface area contributed by atoms with Gasteiger partial charge in [-0.15, -0.1) is 0 Å². The van der Waals surface area contributed by atoms with Crippen LogP contribution in [0.2, 0.25) is 0 Å². The highest BCUT2D eigenvalue weighted by Crippen LogP contribution is 2.61. The Labute approximate surface area is 180 Å². The van der Waals surface area contributed by atoms with Gasteiger partial charge in [-0.3, -0.25) is 4.55 Å². The van der Waals surface area contributed by atoms with Crippen molar-refractivity contribution in [2.45, 2.75) is 72.2 Å². The number of hydrogen-bond acceptors (Lipinski definition) is 2. The van der Waals surface area contributed by atoms with Gasteiger partial charge in [-0.25, -0.2) is 30.7 Å². The summed E-state index contributed by atoms with van der Waals surface area (Å²) in [5, 5.41) is 0. The van der Waals surface area contributed by atoms with E-state index >= 15 is 0 Å². The van der Waals surface area contributed by atoms with Gasteiger partial charge in [-0.05, 0) is 0 Å². The monoisotopic (exact) mass is 592 g/mol. The van der Waals surface area contributed by atoms with Crippen LogP contribution in [0.25, 0.3) is 0 Å². The fraction of sp³-hybridized carbons (Fsp3) is 1.00. The first-order valence-corrected chi connectivity index (χ1v) is 9.21. The first-order chi connectivity index (χ1) is 15.0. The SMILES string of the molecule is O=S(=O)(O)C(F)C(F)(F)C(F)(F)C(F)(F)C(F)(F)C(F)(F)C(F)(F)C(F)C(F)C(F)C(F)C(F)F. The summed E-state index contributed by atoms with van der Waals surface area (Å²) < 4.78 is 277. The molecule has 5 atom stereocenters. The molecule has 0 heterocycles. The van der Waals surface area contributed by atoms with E-state index in [1.54, 1.807) is 0 Å². The molecule has 0 aliphatic heterocycles. The number of alkyl halides is 19. The standard InChI is InChI=1S/C12H7F19O3S/c13-1(3(15)5(17)18)2(14)4(16)7(20,21)9(24,25)11(28,29)12(30,31)10(26,27)8(22,23)6(19)35(32,33)34/h1-6H,(H,32,33,34). The van der Waals surface area contributed by atoms with Gasteiger partial charge in [0, 0.05) is 0 Å². The van der Waals surface area contributed by atoms with E-state index in [2.05, 4.69) is 0 Å². The lowest BCUT2D eigenvalue weighted by Crippen LogP contribution is -2.73. The molecule has 5 unspecified atom stereocenters. The van der Waals surface area contributed by atoms with Crippen molar-refractivity contribution in [1.29, 1.82) is 0 Å². The summed E-state index contributed by atoms with van der Waals surface area (Å²) in [6.45, 7) is 0. The van der Waals surface area contributed by atoms with Crippen LogP contribution in [0.1, 0.15) is 0 Å². The van der Waals surface area contributed by atoms with Crippen LogP contribution in [0.3, 0.4) is 0 Å². The summed E-state index contributed by atoms with van der Waals surface area (Å²) in [7, 11) is -7.22. The largest absolute Gasteiger partial charge is 0.384 e. The summed E-state index contributed by atoms with van der Waals surface area (Å²) in [6.07, 6.45) is -25.6. The highest BCUT2D eigenvalue weighted by molar-refractivity contribution is 7.86. The zero-order chi connectivity index (χ0) is 29.0. The van der Waals surface area contributed by atoms with Gasteiger partial charge < -0.3 is 0 Å². The van der Waals surface area contributed by atoms with Crippen molar-refractivity contribution in [2.75, 3.05) is 0 Å². The van der Waals surface area contributed by atoms with Crippen molar-refractivity contribution in [1.82, 2.24) is 0 Å². The molecule has 0 aromatic carbocycles. The van der Waals surface area contributed by atoms with E-state index in [9.17, 15) is 91.8 Å². The number of halogens is 19. The normalized spacial score (nSPS) is 19.9. The van der Waals surface area contributed by atoms with Crippen LogP contribution in [-0.4, -0.2) is 85.1 Å². The molecular weight excluding hydrogens is 585 g/mol. The van der Waals surface area contributed by atoms with Gasteiger partial charge in [0.25, 0.3) is 11.9 Å². The predicted octanol–water partition coefficient (Wildman–Crippen LogP) is 5.60. The molecule has 0 aliphatic rings. The van der Waals surface area contributed by atoms with Crippen molar-refractivity contribution < 1.29 is 96.4 Å². The van der Waals surface area contributed by atoms with E-state index in [4.69, 9.17) is 4.55 Å². The smallest absolute Gasteiger partial charge is 0.283 e. The Hall–Kier alpha value is -1.42. The lowest BCUT2D eigenvalue weighted by atomic mass is 9.88. The lowest BCUT2D eigenvalue weighted by molar-refractivity contribution is -0.432.